The molecule has 3 heterocycles. The average Bonchev–Trinajstić information content (AvgIpc) is 2.50. The van der Waals surface area contributed by atoms with E-state index in [1.54, 1.807) is 35.6 Å². The molecule has 3 rings (SSSR count). The zero-order valence-corrected chi connectivity index (χ0v) is 12.0. The van der Waals surface area contributed by atoms with Crippen LogP contribution >= 0.6 is 0 Å². The van der Waals surface area contributed by atoms with Crippen molar-refractivity contribution in [2.75, 3.05) is 0 Å². The van der Waals surface area contributed by atoms with Crippen LogP contribution in [0.4, 0.5) is 0 Å². The number of hydrogen-bond acceptors (Lipinski definition) is 4. The van der Waals surface area contributed by atoms with Crippen LogP contribution in [-0.2, 0) is 6.42 Å². The summed E-state index contributed by atoms with van der Waals surface area (Å²) < 4.78 is 1.66. The van der Waals surface area contributed by atoms with Gasteiger partial charge in [-0.1, -0.05) is 6.07 Å². The molecule has 0 N–H and O–H groups in total. The Bertz CT molecular complexity index is 841. The van der Waals surface area contributed by atoms with Gasteiger partial charge in [-0.25, -0.2) is 4.98 Å². The van der Waals surface area contributed by atoms with Crippen LogP contribution in [0.3, 0.4) is 0 Å². The molecule has 21 heavy (non-hydrogen) atoms. The Kier molecular flexibility index (Phi) is 3.48. The molecule has 0 aliphatic rings. The smallest absolute Gasteiger partial charge is 0.261 e. The van der Waals surface area contributed by atoms with Gasteiger partial charge in [-0.05, 0) is 31.5 Å². The van der Waals surface area contributed by atoms with Gasteiger partial charge in [0, 0.05) is 30.6 Å². The molecule has 5 nitrogen and oxygen atoms in total. The van der Waals surface area contributed by atoms with Crippen LogP contribution in [0, 0.1) is 6.92 Å². The summed E-state index contributed by atoms with van der Waals surface area (Å²) in [6.45, 7) is 4.03. The zero-order chi connectivity index (χ0) is 14.8. The maximum atomic E-state index is 12.5. The van der Waals surface area contributed by atoms with E-state index in [-0.39, 0.29) is 11.6 Å². The van der Waals surface area contributed by atoms with Crippen LogP contribution in [-0.4, -0.2) is 19.5 Å². The molecule has 0 radical (unpaired) electrons. The fourth-order valence-corrected chi connectivity index (χ4v) is 2.41. The van der Waals surface area contributed by atoms with Crippen molar-refractivity contribution in [1.82, 2.24) is 19.5 Å². The monoisotopic (exact) mass is 280 g/mol. The minimum atomic E-state index is -0.0384. The summed E-state index contributed by atoms with van der Waals surface area (Å²) in [5, 5.41) is 0.595. The molecule has 0 spiro atoms. The number of pyridine rings is 2. The third-order valence-electron chi connectivity index (χ3n) is 3.67. The number of nitrogens with zero attached hydrogens (tertiary/aromatic N) is 4. The SMILES string of the molecule is Cc1cccnc1C[C@H](C)n1cnc2cnccc2c1=O. The van der Waals surface area contributed by atoms with E-state index in [2.05, 4.69) is 15.0 Å². The van der Waals surface area contributed by atoms with Gasteiger partial charge in [0.1, 0.15) is 0 Å². The normalized spacial score (nSPS) is 12.5. The fraction of sp³-hybridized carbons (Fsp3) is 0.250. The van der Waals surface area contributed by atoms with E-state index in [1.165, 1.54) is 0 Å². The third kappa shape index (κ3) is 2.54. The summed E-state index contributed by atoms with van der Waals surface area (Å²) in [6.07, 6.45) is 7.29. The van der Waals surface area contributed by atoms with E-state index in [0.29, 0.717) is 17.3 Å². The van der Waals surface area contributed by atoms with Crippen molar-refractivity contribution >= 4 is 10.9 Å². The van der Waals surface area contributed by atoms with Gasteiger partial charge in [-0.15, -0.1) is 0 Å². The zero-order valence-electron chi connectivity index (χ0n) is 12.0. The highest BCUT2D eigenvalue weighted by molar-refractivity contribution is 5.75. The highest BCUT2D eigenvalue weighted by Gasteiger charge is 2.12. The Hall–Kier alpha value is -2.56. The van der Waals surface area contributed by atoms with Crippen molar-refractivity contribution in [2.24, 2.45) is 0 Å². The highest BCUT2D eigenvalue weighted by Crippen LogP contribution is 2.14. The second-order valence-corrected chi connectivity index (χ2v) is 5.17. The van der Waals surface area contributed by atoms with E-state index in [9.17, 15) is 4.79 Å². The van der Waals surface area contributed by atoms with Crippen LogP contribution in [0.2, 0.25) is 0 Å². The standard InChI is InChI=1S/C16H16N4O/c1-11-4-3-6-18-14(11)8-12(2)20-10-19-15-9-17-7-5-13(15)16(20)21/h3-7,9-10,12H,8H2,1-2H3/t12-/m0/s1. The lowest BCUT2D eigenvalue weighted by Crippen LogP contribution is -2.25. The second-order valence-electron chi connectivity index (χ2n) is 5.17. The van der Waals surface area contributed by atoms with Gasteiger partial charge in [0.2, 0.25) is 0 Å². The lowest BCUT2D eigenvalue weighted by atomic mass is 10.1. The van der Waals surface area contributed by atoms with Crippen LogP contribution in [0.25, 0.3) is 10.9 Å². The summed E-state index contributed by atoms with van der Waals surface area (Å²) in [5.74, 6) is 0. The number of fused-ring (bicyclic) bond motifs is 1. The van der Waals surface area contributed by atoms with Gasteiger partial charge < -0.3 is 0 Å². The van der Waals surface area contributed by atoms with E-state index in [0.717, 1.165) is 11.3 Å². The Morgan fingerprint density at radius 2 is 2.10 bits per heavy atom. The lowest BCUT2D eigenvalue weighted by Gasteiger charge is -2.15. The molecule has 5 heteroatoms. The average molecular weight is 280 g/mol. The molecule has 3 aromatic heterocycles. The van der Waals surface area contributed by atoms with E-state index in [1.807, 2.05) is 26.0 Å². The molecular weight excluding hydrogens is 264 g/mol. The number of rotatable bonds is 3. The Labute approximate surface area is 122 Å². The second kappa shape index (κ2) is 5.44. The molecule has 0 amide bonds. The molecule has 106 valence electrons. The summed E-state index contributed by atoms with van der Waals surface area (Å²) in [5.41, 5.74) is 2.73. The number of aryl methyl sites for hydroxylation is 1. The summed E-state index contributed by atoms with van der Waals surface area (Å²) in [6, 6.07) is 5.65. The largest absolute Gasteiger partial charge is 0.295 e. The van der Waals surface area contributed by atoms with Crippen LogP contribution < -0.4 is 5.56 Å². The van der Waals surface area contributed by atoms with Gasteiger partial charge in [-0.3, -0.25) is 19.3 Å². The first-order valence-corrected chi connectivity index (χ1v) is 6.88. The molecule has 0 saturated carbocycles. The minimum Gasteiger partial charge on any atom is -0.295 e. The topological polar surface area (TPSA) is 60.7 Å². The maximum absolute atomic E-state index is 12.5. The predicted octanol–water partition coefficient (Wildman–Crippen LogP) is 2.30. The third-order valence-corrected chi connectivity index (χ3v) is 3.67. The van der Waals surface area contributed by atoms with Crippen LogP contribution in [0.5, 0.6) is 0 Å². The fourth-order valence-electron chi connectivity index (χ4n) is 2.41. The van der Waals surface area contributed by atoms with Crippen molar-refractivity contribution < 1.29 is 0 Å². The first kappa shape index (κ1) is 13.4. The van der Waals surface area contributed by atoms with Crippen molar-refractivity contribution in [3.05, 3.63) is 64.7 Å². The molecular formula is C16H16N4O. The molecule has 0 aromatic carbocycles. The van der Waals surface area contributed by atoms with Crippen molar-refractivity contribution in [2.45, 2.75) is 26.3 Å². The molecule has 1 atom stereocenters. The van der Waals surface area contributed by atoms with Crippen LogP contribution in [0.15, 0.2) is 47.9 Å². The van der Waals surface area contributed by atoms with Gasteiger partial charge in [-0.2, -0.15) is 0 Å². The van der Waals surface area contributed by atoms with Crippen molar-refractivity contribution in [3.63, 3.8) is 0 Å². The lowest BCUT2D eigenvalue weighted by molar-refractivity contribution is 0.516. The highest BCUT2D eigenvalue weighted by atomic mass is 16.1. The number of hydrogen-bond donors (Lipinski definition) is 0. The molecule has 0 fully saturated rings. The summed E-state index contributed by atoms with van der Waals surface area (Å²) in [7, 11) is 0. The Balaban J connectivity index is 1.99. The quantitative estimate of drug-likeness (QED) is 0.738. The maximum Gasteiger partial charge on any atom is 0.261 e. The molecule has 0 aliphatic carbocycles. The van der Waals surface area contributed by atoms with Gasteiger partial charge in [0.25, 0.3) is 5.56 Å². The van der Waals surface area contributed by atoms with Crippen molar-refractivity contribution in [1.29, 1.82) is 0 Å². The van der Waals surface area contributed by atoms with Gasteiger partial charge in [0.15, 0.2) is 0 Å². The molecule has 0 aliphatic heterocycles. The number of aromatic nitrogens is 4. The predicted molar refractivity (Wildman–Crippen MR) is 81.2 cm³/mol. The molecule has 0 saturated heterocycles. The Morgan fingerprint density at radius 1 is 1.24 bits per heavy atom. The minimum absolute atomic E-state index is 0.00355. The molecule has 0 bridgehead atoms. The van der Waals surface area contributed by atoms with E-state index < -0.39 is 0 Å². The Morgan fingerprint density at radius 3 is 2.90 bits per heavy atom. The van der Waals surface area contributed by atoms with Crippen molar-refractivity contribution in [3.8, 4) is 0 Å². The molecule has 3 aromatic rings. The van der Waals surface area contributed by atoms with E-state index >= 15 is 0 Å². The first-order valence-electron chi connectivity index (χ1n) is 6.88. The molecule has 0 unspecified atom stereocenters. The summed E-state index contributed by atoms with van der Waals surface area (Å²) in [4.78, 5) is 25.2. The van der Waals surface area contributed by atoms with Crippen LogP contribution in [0.1, 0.15) is 24.2 Å². The van der Waals surface area contributed by atoms with Gasteiger partial charge in [0.05, 0.1) is 23.4 Å². The summed E-state index contributed by atoms with van der Waals surface area (Å²) >= 11 is 0. The first-order chi connectivity index (χ1) is 10.2. The van der Waals surface area contributed by atoms with E-state index in [4.69, 9.17) is 0 Å². The van der Waals surface area contributed by atoms with Gasteiger partial charge >= 0.3 is 0 Å².